The van der Waals surface area contributed by atoms with Gasteiger partial charge in [-0.1, -0.05) is 66.7 Å². The van der Waals surface area contributed by atoms with E-state index in [2.05, 4.69) is 36.2 Å². The Kier molecular flexibility index (Phi) is 7.26. The lowest BCUT2D eigenvalue weighted by atomic mass is 9.98. The number of ether oxygens (including phenoxy) is 1. The van der Waals surface area contributed by atoms with Crippen LogP contribution in [0.1, 0.15) is 33.0 Å². The number of benzene rings is 3. The van der Waals surface area contributed by atoms with Crippen LogP contribution in [-0.2, 0) is 16.1 Å². The number of carbonyl (C=O) groups excluding carboxylic acids is 2. The highest BCUT2D eigenvalue weighted by molar-refractivity contribution is 5.96. The fraction of sp³-hybridized carbons (Fsp3) is 0.179. The first-order chi connectivity index (χ1) is 17.0. The molecular formula is C28H26N2O5. The van der Waals surface area contributed by atoms with E-state index >= 15 is 0 Å². The molecule has 0 aromatic heterocycles. The summed E-state index contributed by atoms with van der Waals surface area (Å²) in [4.78, 5) is 37.1. The van der Waals surface area contributed by atoms with Crippen LogP contribution >= 0.6 is 0 Å². The average molecular weight is 471 g/mol. The van der Waals surface area contributed by atoms with Crippen molar-refractivity contribution in [2.75, 3.05) is 19.7 Å². The second kappa shape index (κ2) is 10.7. The lowest BCUT2D eigenvalue weighted by molar-refractivity contribution is -0.137. The quantitative estimate of drug-likeness (QED) is 0.451. The van der Waals surface area contributed by atoms with Gasteiger partial charge in [0.15, 0.2) is 0 Å². The monoisotopic (exact) mass is 470 g/mol. The van der Waals surface area contributed by atoms with Crippen molar-refractivity contribution in [3.05, 3.63) is 108 Å². The van der Waals surface area contributed by atoms with Crippen LogP contribution in [0.15, 0.2) is 85.5 Å². The Balaban J connectivity index is 1.32. The number of amides is 2. The van der Waals surface area contributed by atoms with Gasteiger partial charge in [-0.3, -0.25) is 9.59 Å². The maximum Gasteiger partial charge on any atom is 0.407 e. The first-order valence-corrected chi connectivity index (χ1v) is 11.3. The fourth-order valence-corrected chi connectivity index (χ4v) is 4.31. The number of hydrogen-bond acceptors (Lipinski definition) is 4. The van der Waals surface area contributed by atoms with E-state index < -0.39 is 24.5 Å². The Labute approximate surface area is 203 Å². The fourth-order valence-electron chi connectivity index (χ4n) is 4.31. The minimum atomic E-state index is -1.09. The topological polar surface area (TPSA) is 95.9 Å². The van der Waals surface area contributed by atoms with E-state index in [0.29, 0.717) is 5.56 Å². The van der Waals surface area contributed by atoms with Gasteiger partial charge in [0.05, 0.1) is 0 Å². The van der Waals surface area contributed by atoms with Crippen LogP contribution in [-0.4, -0.2) is 47.7 Å². The minimum Gasteiger partial charge on any atom is -0.480 e. The van der Waals surface area contributed by atoms with E-state index in [4.69, 9.17) is 9.84 Å². The highest BCUT2D eigenvalue weighted by Crippen LogP contribution is 2.44. The molecule has 178 valence electrons. The number of carbonyl (C=O) groups is 3. The number of carboxylic acids is 1. The summed E-state index contributed by atoms with van der Waals surface area (Å²) in [6.07, 6.45) is 0.957. The lowest BCUT2D eigenvalue weighted by Crippen LogP contribution is -2.35. The maximum atomic E-state index is 12.6. The van der Waals surface area contributed by atoms with Crippen molar-refractivity contribution in [3.63, 3.8) is 0 Å². The number of fused-ring (bicyclic) bond motifs is 3. The maximum absolute atomic E-state index is 12.6. The Morgan fingerprint density at radius 2 is 1.54 bits per heavy atom. The van der Waals surface area contributed by atoms with Gasteiger partial charge in [-0.2, -0.15) is 0 Å². The predicted octanol–water partition coefficient (Wildman–Crippen LogP) is 4.44. The zero-order valence-electron chi connectivity index (χ0n) is 19.1. The van der Waals surface area contributed by atoms with Crippen LogP contribution in [0.2, 0.25) is 0 Å². The third-order valence-corrected chi connectivity index (χ3v) is 5.94. The molecule has 2 amide bonds. The molecule has 0 radical (unpaired) electrons. The van der Waals surface area contributed by atoms with Crippen molar-refractivity contribution in [1.29, 1.82) is 0 Å². The molecule has 0 heterocycles. The summed E-state index contributed by atoms with van der Waals surface area (Å²) in [5.74, 6) is -1.50. The van der Waals surface area contributed by atoms with E-state index in [1.807, 2.05) is 24.3 Å². The van der Waals surface area contributed by atoms with E-state index in [1.54, 1.807) is 24.3 Å². The number of nitrogens with one attached hydrogen (secondary N) is 1. The van der Waals surface area contributed by atoms with Gasteiger partial charge in [0.2, 0.25) is 0 Å². The number of carboxylic acid groups (broad SMARTS) is 1. The van der Waals surface area contributed by atoms with Crippen molar-refractivity contribution >= 4 is 18.0 Å². The predicted molar refractivity (Wildman–Crippen MR) is 132 cm³/mol. The van der Waals surface area contributed by atoms with E-state index in [0.717, 1.165) is 16.7 Å². The van der Waals surface area contributed by atoms with Gasteiger partial charge in [-0.15, -0.1) is 6.58 Å². The smallest absolute Gasteiger partial charge is 0.407 e. The zero-order valence-corrected chi connectivity index (χ0v) is 19.1. The Morgan fingerprint density at radius 1 is 0.943 bits per heavy atom. The van der Waals surface area contributed by atoms with E-state index in [1.165, 1.54) is 22.1 Å². The van der Waals surface area contributed by atoms with Crippen molar-refractivity contribution in [2.24, 2.45) is 0 Å². The summed E-state index contributed by atoms with van der Waals surface area (Å²) >= 11 is 0. The molecule has 1 aliphatic carbocycles. The molecule has 4 rings (SSSR count). The number of nitrogens with zero attached hydrogens (tertiary/aromatic N) is 1. The molecule has 0 bridgehead atoms. The number of hydrogen-bond donors (Lipinski definition) is 2. The molecule has 0 aliphatic heterocycles. The van der Waals surface area contributed by atoms with Crippen molar-refractivity contribution < 1.29 is 24.2 Å². The molecule has 2 N–H and O–H groups in total. The first-order valence-electron chi connectivity index (χ1n) is 11.3. The SMILES string of the molecule is C=CCN(CC(=O)O)C(=O)c1ccc(CNC(=O)OCC2c3ccccc3-c3ccccc32)cc1. The Morgan fingerprint density at radius 3 is 2.11 bits per heavy atom. The van der Waals surface area contributed by atoms with E-state index in [-0.39, 0.29) is 25.6 Å². The minimum absolute atomic E-state index is 0.0113. The van der Waals surface area contributed by atoms with Gasteiger partial charge in [-0.25, -0.2) is 4.79 Å². The van der Waals surface area contributed by atoms with Crippen molar-refractivity contribution in [1.82, 2.24) is 10.2 Å². The molecule has 35 heavy (non-hydrogen) atoms. The van der Waals surface area contributed by atoms with Crippen molar-refractivity contribution in [2.45, 2.75) is 12.5 Å². The highest BCUT2D eigenvalue weighted by atomic mass is 16.5. The number of alkyl carbamates (subject to hydrolysis) is 1. The number of aliphatic carboxylic acids is 1. The third kappa shape index (κ3) is 5.41. The molecule has 7 nitrogen and oxygen atoms in total. The van der Waals surface area contributed by atoms with Crippen LogP contribution in [0.5, 0.6) is 0 Å². The summed E-state index contributed by atoms with van der Waals surface area (Å²) in [5, 5.41) is 11.7. The molecule has 0 unspecified atom stereocenters. The largest absolute Gasteiger partial charge is 0.480 e. The summed E-state index contributed by atoms with van der Waals surface area (Å²) in [5.41, 5.74) is 5.77. The summed E-state index contributed by atoms with van der Waals surface area (Å²) in [6.45, 7) is 3.76. The molecule has 0 spiro atoms. The third-order valence-electron chi connectivity index (χ3n) is 5.94. The van der Waals surface area contributed by atoms with Crippen LogP contribution in [0, 0.1) is 0 Å². The zero-order chi connectivity index (χ0) is 24.8. The highest BCUT2D eigenvalue weighted by Gasteiger charge is 2.29. The first kappa shape index (κ1) is 23.8. The second-order valence-corrected chi connectivity index (χ2v) is 8.24. The van der Waals surface area contributed by atoms with Crippen LogP contribution in [0.25, 0.3) is 11.1 Å². The van der Waals surface area contributed by atoms with Gasteiger partial charge < -0.3 is 20.1 Å². The molecule has 0 saturated heterocycles. The molecule has 7 heteroatoms. The molecule has 3 aromatic carbocycles. The van der Waals surface area contributed by atoms with Gasteiger partial charge in [0.1, 0.15) is 13.2 Å². The Hall–Kier alpha value is -4.39. The molecule has 0 fully saturated rings. The normalized spacial score (nSPS) is 11.8. The molecule has 0 saturated carbocycles. The second-order valence-electron chi connectivity index (χ2n) is 8.24. The van der Waals surface area contributed by atoms with Gasteiger partial charge in [0.25, 0.3) is 5.91 Å². The molecule has 0 atom stereocenters. The molecule has 3 aromatic rings. The van der Waals surface area contributed by atoms with Crippen LogP contribution in [0.3, 0.4) is 0 Å². The lowest BCUT2D eigenvalue weighted by Gasteiger charge is -2.19. The average Bonchev–Trinajstić information content (AvgIpc) is 3.19. The standard InChI is InChI=1S/C28H26N2O5/c1-2-15-30(17-26(31)32)27(33)20-13-11-19(12-14-20)16-29-28(34)35-18-25-23-9-5-3-7-21(23)22-8-4-6-10-24(22)25/h2-14,25H,1,15-18H2,(H,29,34)(H,31,32). The summed E-state index contributed by atoms with van der Waals surface area (Å²) < 4.78 is 5.54. The van der Waals surface area contributed by atoms with E-state index in [9.17, 15) is 14.4 Å². The molecule has 1 aliphatic rings. The van der Waals surface area contributed by atoms with Crippen molar-refractivity contribution in [3.8, 4) is 11.1 Å². The summed E-state index contributed by atoms with van der Waals surface area (Å²) in [6, 6.07) is 22.9. The number of rotatable bonds is 9. The van der Waals surface area contributed by atoms with Crippen LogP contribution < -0.4 is 5.32 Å². The van der Waals surface area contributed by atoms with Gasteiger partial charge >= 0.3 is 12.1 Å². The molecular weight excluding hydrogens is 444 g/mol. The summed E-state index contributed by atoms with van der Waals surface area (Å²) in [7, 11) is 0. The Bertz CT molecular complexity index is 1210. The van der Waals surface area contributed by atoms with Crippen LogP contribution in [0.4, 0.5) is 4.79 Å². The van der Waals surface area contributed by atoms with Gasteiger partial charge in [0, 0.05) is 24.6 Å². The van der Waals surface area contributed by atoms with Gasteiger partial charge in [-0.05, 0) is 39.9 Å².